The Bertz CT molecular complexity index is 1060. The van der Waals surface area contributed by atoms with Crippen LogP contribution in [0.3, 0.4) is 0 Å². The molecule has 2 atom stereocenters. The number of ether oxygens (including phenoxy) is 1. The maximum atomic E-state index is 12.3. The smallest absolute Gasteiger partial charge is 0.279 e. The van der Waals surface area contributed by atoms with Crippen LogP contribution in [0.5, 0.6) is 5.75 Å². The molecule has 0 aromatic heterocycles. The molecule has 0 spiro atoms. The zero-order valence-electron chi connectivity index (χ0n) is 18.1. The average Bonchev–Trinajstić information content (AvgIpc) is 2.72. The summed E-state index contributed by atoms with van der Waals surface area (Å²) in [5, 5.41) is 9.78. The van der Waals surface area contributed by atoms with Gasteiger partial charge in [0.15, 0.2) is 6.10 Å². The monoisotopic (exact) mass is 483 g/mol. The van der Waals surface area contributed by atoms with Crippen LogP contribution in [0, 0.1) is 13.8 Å². The third kappa shape index (κ3) is 6.92. The third-order valence-electron chi connectivity index (χ3n) is 4.38. The molecule has 0 bridgehead atoms. The number of rotatable bonds is 8. The number of aliphatic hydroxyl groups is 1. The second-order valence-electron chi connectivity index (χ2n) is 7.30. The first-order chi connectivity index (χ1) is 14.9. The fourth-order valence-electron chi connectivity index (χ4n) is 2.70. The number of carbonyl (C=O) groups is 2. The van der Waals surface area contributed by atoms with Crippen LogP contribution in [0.4, 0.5) is 0 Å². The second-order valence-corrected chi connectivity index (χ2v) is 9.50. The summed E-state index contributed by atoms with van der Waals surface area (Å²) >= 11 is 6.00. The molecule has 2 rings (SSSR count). The number of aliphatic hydroxyl groups excluding tert-OH is 1. The summed E-state index contributed by atoms with van der Waals surface area (Å²) in [6, 6.07) is 8.55. The maximum absolute atomic E-state index is 12.3. The first-order valence-corrected chi connectivity index (χ1v) is 11.6. The van der Waals surface area contributed by atoms with Crippen LogP contribution in [0.25, 0.3) is 0 Å². The molecule has 0 radical (unpaired) electrons. The summed E-state index contributed by atoms with van der Waals surface area (Å²) in [5.74, 6) is -0.678. The molecule has 174 valence electrons. The number of hydrogen-bond donors (Lipinski definition) is 4. The van der Waals surface area contributed by atoms with Gasteiger partial charge in [-0.2, -0.15) is 0 Å². The highest BCUT2D eigenvalue weighted by molar-refractivity contribution is 7.89. The summed E-state index contributed by atoms with van der Waals surface area (Å²) in [7, 11) is -3.81. The molecule has 0 saturated heterocycles. The lowest BCUT2D eigenvalue weighted by Crippen LogP contribution is -2.47. The molecule has 0 fully saturated rings. The van der Waals surface area contributed by atoms with Gasteiger partial charge in [-0.25, -0.2) is 13.1 Å². The van der Waals surface area contributed by atoms with Crippen molar-refractivity contribution in [1.82, 2.24) is 15.6 Å². The molecule has 0 heterocycles. The molecule has 2 aromatic carbocycles. The second kappa shape index (κ2) is 10.8. The fourth-order valence-corrected chi connectivity index (χ4v) is 4.15. The van der Waals surface area contributed by atoms with E-state index in [1.165, 1.54) is 38.1 Å². The molecule has 4 N–H and O–H groups in total. The van der Waals surface area contributed by atoms with Gasteiger partial charge in [-0.1, -0.05) is 11.6 Å². The molecular weight excluding hydrogens is 458 g/mol. The molecule has 0 saturated carbocycles. The molecular formula is C21H26ClN3O6S. The lowest BCUT2D eigenvalue weighted by atomic mass is 10.1. The number of halogens is 1. The van der Waals surface area contributed by atoms with Crippen LogP contribution in [0.1, 0.15) is 35.3 Å². The van der Waals surface area contributed by atoms with Crippen LogP contribution in [-0.2, 0) is 14.8 Å². The van der Waals surface area contributed by atoms with Crippen LogP contribution in [-0.4, -0.2) is 44.1 Å². The summed E-state index contributed by atoms with van der Waals surface area (Å²) in [6.45, 7) is 6.48. The largest absolute Gasteiger partial charge is 0.480 e. The molecule has 11 heteroatoms. The van der Waals surface area contributed by atoms with E-state index in [-0.39, 0.29) is 17.0 Å². The summed E-state index contributed by atoms with van der Waals surface area (Å²) < 4.78 is 32.2. The number of hydrazine groups is 1. The van der Waals surface area contributed by atoms with Crippen LogP contribution in [0.2, 0.25) is 5.02 Å². The standard InChI is InChI=1S/C21H26ClN3O6S/c1-12-9-17(22)10-13(2)19(12)31-15(4)20(27)24-25-21(28)16-5-7-18(8-6-16)32(29,30)23-11-14(3)26/h5-10,14-15,23,26H,11H2,1-4H3,(H,24,27)(H,25,28). The van der Waals surface area contributed by atoms with Crippen molar-refractivity contribution >= 4 is 33.4 Å². The minimum atomic E-state index is -3.81. The summed E-state index contributed by atoms with van der Waals surface area (Å²) in [4.78, 5) is 24.5. The summed E-state index contributed by atoms with van der Waals surface area (Å²) in [6.07, 6.45) is -1.74. The molecule has 0 aliphatic rings. The Morgan fingerprint density at radius 2 is 1.62 bits per heavy atom. The zero-order chi connectivity index (χ0) is 24.1. The Balaban J connectivity index is 1.95. The quantitative estimate of drug-likeness (QED) is 0.423. The number of hydrogen-bond acceptors (Lipinski definition) is 6. The third-order valence-corrected chi connectivity index (χ3v) is 6.04. The van der Waals surface area contributed by atoms with Gasteiger partial charge in [0.1, 0.15) is 5.75 Å². The van der Waals surface area contributed by atoms with Crippen molar-refractivity contribution in [1.29, 1.82) is 0 Å². The Morgan fingerprint density at radius 1 is 1.06 bits per heavy atom. The highest BCUT2D eigenvalue weighted by atomic mass is 35.5. The van der Waals surface area contributed by atoms with Gasteiger partial charge in [0.25, 0.3) is 11.8 Å². The van der Waals surface area contributed by atoms with Gasteiger partial charge in [0.05, 0.1) is 11.0 Å². The number of benzene rings is 2. The number of nitrogens with one attached hydrogen (secondary N) is 3. The van der Waals surface area contributed by atoms with Crippen molar-refractivity contribution in [3.05, 3.63) is 58.1 Å². The number of aryl methyl sites for hydroxylation is 2. The molecule has 9 nitrogen and oxygen atoms in total. The Hall–Kier alpha value is -2.66. The normalized spacial score (nSPS) is 13.2. The van der Waals surface area contributed by atoms with Crippen molar-refractivity contribution in [3.63, 3.8) is 0 Å². The Morgan fingerprint density at radius 3 is 2.16 bits per heavy atom. The van der Waals surface area contributed by atoms with Gasteiger partial charge in [-0.15, -0.1) is 0 Å². The molecule has 2 amide bonds. The van der Waals surface area contributed by atoms with E-state index in [4.69, 9.17) is 16.3 Å². The maximum Gasteiger partial charge on any atom is 0.279 e. The first kappa shape index (κ1) is 25.6. The summed E-state index contributed by atoms with van der Waals surface area (Å²) in [5.41, 5.74) is 6.23. The van der Waals surface area contributed by atoms with E-state index in [1.807, 2.05) is 13.8 Å². The lowest BCUT2D eigenvalue weighted by Gasteiger charge is -2.18. The lowest BCUT2D eigenvalue weighted by molar-refractivity contribution is -0.128. The van der Waals surface area contributed by atoms with Crippen molar-refractivity contribution in [3.8, 4) is 5.75 Å². The number of amides is 2. The van der Waals surface area contributed by atoms with Crippen molar-refractivity contribution in [2.24, 2.45) is 0 Å². The molecule has 0 aliphatic heterocycles. The Labute approximate surface area is 192 Å². The van der Waals surface area contributed by atoms with Crippen molar-refractivity contribution in [2.75, 3.05) is 6.54 Å². The SMILES string of the molecule is Cc1cc(Cl)cc(C)c1OC(C)C(=O)NNC(=O)c1ccc(S(=O)(=O)NCC(C)O)cc1. The van der Waals surface area contributed by atoms with Crippen molar-refractivity contribution in [2.45, 2.75) is 44.8 Å². The van der Waals surface area contributed by atoms with Crippen LogP contribution >= 0.6 is 11.6 Å². The zero-order valence-corrected chi connectivity index (χ0v) is 19.7. The molecule has 32 heavy (non-hydrogen) atoms. The minimum absolute atomic E-state index is 0.0607. The van der Waals surface area contributed by atoms with E-state index < -0.39 is 34.0 Å². The van der Waals surface area contributed by atoms with Crippen molar-refractivity contribution < 1.29 is 27.9 Å². The van der Waals surface area contributed by atoms with E-state index in [0.29, 0.717) is 10.8 Å². The predicted octanol–water partition coefficient (Wildman–Crippen LogP) is 1.84. The predicted molar refractivity (Wildman–Crippen MR) is 120 cm³/mol. The molecule has 2 unspecified atom stereocenters. The number of carbonyl (C=O) groups excluding carboxylic acids is 2. The fraction of sp³-hybridized carbons (Fsp3) is 0.333. The first-order valence-electron chi connectivity index (χ1n) is 9.72. The highest BCUT2D eigenvalue weighted by Crippen LogP contribution is 2.27. The van der Waals surface area contributed by atoms with E-state index in [1.54, 1.807) is 12.1 Å². The van der Waals surface area contributed by atoms with Gasteiger partial charge in [-0.05, 0) is 75.2 Å². The van der Waals surface area contributed by atoms with Gasteiger partial charge >= 0.3 is 0 Å². The number of sulfonamides is 1. The van der Waals surface area contributed by atoms with E-state index >= 15 is 0 Å². The topological polar surface area (TPSA) is 134 Å². The average molecular weight is 484 g/mol. The highest BCUT2D eigenvalue weighted by Gasteiger charge is 2.19. The van der Waals surface area contributed by atoms with Gasteiger partial charge in [-0.3, -0.25) is 20.4 Å². The Kier molecular flexibility index (Phi) is 8.62. The molecule has 0 aliphatic carbocycles. The van der Waals surface area contributed by atoms with E-state index in [2.05, 4.69) is 15.6 Å². The van der Waals surface area contributed by atoms with Gasteiger partial charge < -0.3 is 9.84 Å². The van der Waals surface area contributed by atoms with Gasteiger partial charge in [0.2, 0.25) is 10.0 Å². The van der Waals surface area contributed by atoms with Crippen LogP contribution in [0.15, 0.2) is 41.3 Å². The van der Waals surface area contributed by atoms with E-state index in [9.17, 15) is 23.1 Å². The molecule has 2 aromatic rings. The minimum Gasteiger partial charge on any atom is -0.480 e. The van der Waals surface area contributed by atoms with E-state index in [0.717, 1.165) is 11.1 Å². The van der Waals surface area contributed by atoms with Crippen LogP contribution < -0.4 is 20.3 Å². The van der Waals surface area contributed by atoms with Gasteiger partial charge in [0, 0.05) is 17.1 Å².